The molecule has 1 saturated heterocycles. The molecule has 3 N–H and O–H groups in total. The van der Waals surface area contributed by atoms with Crippen molar-refractivity contribution < 1.29 is 9.59 Å². The van der Waals surface area contributed by atoms with Crippen molar-refractivity contribution in [1.82, 2.24) is 14.8 Å². The van der Waals surface area contributed by atoms with Crippen LogP contribution in [0.15, 0.2) is 18.2 Å². The lowest BCUT2D eigenvalue weighted by molar-refractivity contribution is -0.121. The lowest BCUT2D eigenvalue weighted by atomic mass is 10.0. The van der Waals surface area contributed by atoms with Gasteiger partial charge in [-0.2, -0.15) is 0 Å². The Hall–Kier alpha value is -2.50. The molecule has 1 aromatic carbocycles. The molecule has 2 aliphatic heterocycles. The van der Waals surface area contributed by atoms with E-state index in [2.05, 4.69) is 35.0 Å². The molecule has 0 aliphatic carbocycles. The van der Waals surface area contributed by atoms with Crippen LogP contribution >= 0.6 is 0 Å². The number of nitrogens with zero attached hydrogens (tertiary/aromatic N) is 2. The average molecular weight is 354 g/mol. The number of para-hydroxylation sites is 1. The number of benzene rings is 1. The number of nitrogens with one attached hydrogen (secondary N) is 1. The van der Waals surface area contributed by atoms with Gasteiger partial charge in [0.05, 0.1) is 5.52 Å². The van der Waals surface area contributed by atoms with Gasteiger partial charge in [-0.15, -0.1) is 0 Å². The second kappa shape index (κ2) is 6.67. The molecule has 138 valence electrons. The van der Waals surface area contributed by atoms with Crippen molar-refractivity contribution in [1.29, 1.82) is 0 Å². The molecular weight excluding hydrogens is 328 g/mol. The van der Waals surface area contributed by atoms with Gasteiger partial charge >= 0.3 is 6.03 Å². The fourth-order valence-corrected chi connectivity index (χ4v) is 4.61. The number of aromatic nitrogens is 1. The van der Waals surface area contributed by atoms with E-state index in [1.54, 1.807) is 4.90 Å². The van der Waals surface area contributed by atoms with Crippen LogP contribution in [-0.4, -0.2) is 40.5 Å². The van der Waals surface area contributed by atoms with Crippen molar-refractivity contribution in [2.75, 3.05) is 13.1 Å². The topological polar surface area (TPSA) is 80.4 Å². The maximum Gasteiger partial charge on any atom is 0.318 e. The van der Waals surface area contributed by atoms with Gasteiger partial charge in [0.15, 0.2) is 0 Å². The zero-order chi connectivity index (χ0) is 18.3. The molecule has 1 aromatic heterocycles. The smallest absolute Gasteiger partial charge is 0.318 e. The standard InChI is InChI=1S/C20H26N4O2/c1-13-15(16-7-2-5-14-6-3-11-23(13)18(14)16)9-10-22-20(26)24-12-4-8-17(24)19(21)25/h2,5,7,17H,3-4,6,8-12H2,1H3,(H2,21,25)(H,22,26)/t17-/m1/s1. The Balaban J connectivity index is 1.48. The third-order valence-electron chi connectivity index (χ3n) is 5.88. The third kappa shape index (κ3) is 2.73. The van der Waals surface area contributed by atoms with Crippen molar-refractivity contribution in [3.63, 3.8) is 0 Å². The number of nitrogens with two attached hydrogens (primary N) is 1. The molecule has 3 amide bonds. The molecule has 6 heteroatoms. The highest BCUT2D eigenvalue weighted by atomic mass is 16.2. The average Bonchev–Trinajstić information content (AvgIpc) is 3.23. The molecule has 0 unspecified atom stereocenters. The summed E-state index contributed by atoms with van der Waals surface area (Å²) in [6, 6.07) is 5.90. The summed E-state index contributed by atoms with van der Waals surface area (Å²) in [6.45, 7) is 4.40. The maximum atomic E-state index is 12.4. The molecule has 0 saturated carbocycles. The van der Waals surface area contributed by atoms with Crippen LogP contribution in [0.3, 0.4) is 0 Å². The first kappa shape index (κ1) is 16.9. The minimum Gasteiger partial charge on any atom is -0.368 e. The normalized spacial score (nSPS) is 19.1. The number of aryl methyl sites for hydroxylation is 2. The molecule has 2 aliphatic rings. The summed E-state index contributed by atoms with van der Waals surface area (Å²) in [5.74, 6) is -0.414. The monoisotopic (exact) mass is 354 g/mol. The number of carbonyl (C=O) groups is 2. The van der Waals surface area contributed by atoms with Gasteiger partial charge in [-0.3, -0.25) is 4.79 Å². The Labute approximate surface area is 153 Å². The highest BCUT2D eigenvalue weighted by molar-refractivity contribution is 5.89. The molecular formula is C20H26N4O2. The van der Waals surface area contributed by atoms with E-state index in [4.69, 9.17) is 5.73 Å². The van der Waals surface area contributed by atoms with Gasteiger partial charge in [0.25, 0.3) is 0 Å². The quantitative estimate of drug-likeness (QED) is 0.882. The summed E-state index contributed by atoms with van der Waals surface area (Å²) < 4.78 is 2.43. The summed E-state index contributed by atoms with van der Waals surface area (Å²) in [4.78, 5) is 25.5. The first-order chi connectivity index (χ1) is 12.6. The summed E-state index contributed by atoms with van der Waals surface area (Å²) in [5, 5.41) is 4.29. The van der Waals surface area contributed by atoms with E-state index in [1.165, 1.54) is 34.1 Å². The zero-order valence-electron chi connectivity index (χ0n) is 15.3. The molecule has 3 heterocycles. The van der Waals surface area contributed by atoms with E-state index in [0.717, 1.165) is 25.8 Å². The maximum absolute atomic E-state index is 12.4. The van der Waals surface area contributed by atoms with Gasteiger partial charge in [0.1, 0.15) is 6.04 Å². The van der Waals surface area contributed by atoms with E-state index >= 15 is 0 Å². The highest BCUT2D eigenvalue weighted by Crippen LogP contribution is 2.32. The van der Waals surface area contributed by atoms with Crippen LogP contribution in [0.5, 0.6) is 0 Å². The molecule has 1 atom stereocenters. The summed E-state index contributed by atoms with van der Waals surface area (Å²) in [6.07, 6.45) is 4.61. The predicted octanol–water partition coefficient (Wildman–Crippen LogP) is 2.10. The number of hydrogen-bond acceptors (Lipinski definition) is 2. The van der Waals surface area contributed by atoms with Crippen LogP contribution in [0.25, 0.3) is 10.9 Å². The first-order valence-electron chi connectivity index (χ1n) is 9.51. The Morgan fingerprint density at radius 3 is 2.92 bits per heavy atom. The van der Waals surface area contributed by atoms with Crippen molar-refractivity contribution in [3.8, 4) is 0 Å². The van der Waals surface area contributed by atoms with Crippen molar-refractivity contribution in [2.24, 2.45) is 5.73 Å². The lowest BCUT2D eigenvalue weighted by Gasteiger charge is -2.22. The molecule has 0 spiro atoms. The number of primary amides is 1. The Kier molecular flexibility index (Phi) is 4.34. The summed E-state index contributed by atoms with van der Waals surface area (Å²) in [7, 11) is 0. The van der Waals surface area contributed by atoms with Crippen LogP contribution < -0.4 is 11.1 Å². The fraction of sp³-hybridized carbons (Fsp3) is 0.500. The minimum atomic E-state index is -0.463. The van der Waals surface area contributed by atoms with Gasteiger partial charge in [-0.25, -0.2) is 4.79 Å². The van der Waals surface area contributed by atoms with Gasteiger partial charge in [-0.1, -0.05) is 18.2 Å². The van der Waals surface area contributed by atoms with Gasteiger partial charge < -0.3 is 20.5 Å². The Morgan fingerprint density at radius 1 is 1.27 bits per heavy atom. The third-order valence-corrected chi connectivity index (χ3v) is 5.88. The molecule has 0 bridgehead atoms. The largest absolute Gasteiger partial charge is 0.368 e. The van der Waals surface area contributed by atoms with Crippen molar-refractivity contribution in [2.45, 2.75) is 51.6 Å². The van der Waals surface area contributed by atoms with Gasteiger partial charge in [0.2, 0.25) is 5.91 Å². The molecule has 6 nitrogen and oxygen atoms in total. The number of hydrogen-bond donors (Lipinski definition) is 2. The summed E-state index contributed by atoms with van der Waals surface area (Å²) in [5.41, 5.74) is 10.8. The molecule has 1 fully saturated rings. The Bertz CT molecular complexity index is 870. The number of urea groups is 1. The Morgan fingerprint density at radius 2 is 2.12 bits per heavy atom. The van der Waals surface area contributed by atoms with E-state index in [0.29, 0.717) is 19.5 Å². The molecule has 4 rings (SSSR count). The predicted molar refractivity (Wildman–Crippen MR) is 101 cm³/mol. The lowest BCUT2D eigenvalue weighted by Crippen LogP contribution is -2.48. The SMILES string of the molecule is Cc1c(CCNC(=O)N2CCC[C@@H]2C(N)=O)c2cccc3c2n1CCC3. The zero-order valence-corrected chi connectivity index (χ0v) is 15.3. The van der Waals surface area contributed by atoms with Crippen LogP contribution in [0.2, 0.25) is 0 Å². The highest BCUT2D eigenvalue weighted by Gasteiger charge is 2.32. The number of carbonyl (C=O) groups excluding carboxylic acids is 2. The number of rotatable bonds is 4. The second-order valence-corrected chi connectivity index (χ2v) is 7.37. The number of likely N-dealkylation sites (tertiary alicyclic amines) is 1. The van der Waals surface area contributed by atoms with Crippen molar-refractivity contribution in [3.05, 3.63) is 35.0 Å². The minimum absolute atomic E-state index is 0.183. The van der Waals surface area contributed by atoms with Crippen LogP contribution in [0, 0.1) is 6.92 Å². The van der Waals surface area contributed by atoms with E-state index in [-0.39, 0.29) is 6.03 Å². The first-order valence-corrected chi connectivity index (χ1v) is 9.51. The molecule has 2 aromatic rings. The summed E-state index contributed by atoms with van der Waals surface area (Å²) >= 11 is 0. The van der Waals surface area contributed by atoms with E-state index in [1.807, 2.05) is 0 Å². The van der Waals surface area contributed by atoms with E-state index in [9.17, 15) is 9.59 Å². The molecule has 0 radical (unpaired) electrons. The van der Waals surface area contributed by atoms with Gasteiger partial charge in [-0.05, 0) is 50.2 Å². The van der Waals surface area contributed by atoms with Gasteiger partial charge in [0, 0.05) is 30.7 Å². The van der Waals surface area contributed by atoms with Crippen LogP contribution in [-0.2, 0) is 24.2 Å². The van der Waals surface area contributed by atoms with Crippen LogP contribution in [0.4, 0.5) is 4.79 Å². The second-order valence-electron chi connectivity index (χ2n) is 7.37. The molecule has 26 heavy (non-hydrogen) atoms. The number of amides is 3. The van der Waals surface area contributed by atoms with Crippen LogP contribution in [0.1, 0.15) is 36.1 Å². The van der Waals surface area contributed by atoms with Crippen molar-refractivity contribution >= 4 is 22.8 Å². The van der Waals surface area contributed by atoms with E-state index < -0.39 is 11.9 Å². The fourth-order valence-electron chi connectivity index (χ4n) is 4.61.